The van der Waals surface area contributed by atoms with Crippen LogP contribution >= 0.6 is 11.8 Å². The lowest BCUT2D eigenvalue weighted by atomic mass is 10.1. The predicted molar refractivity (Wildman–Crippen MR) is 82.9 cm³/mol. The second-order valence-electron chi connectivity index (χ2n) is 4.54. The molecule has 0 fully saturated rings. The van der Waals surface area contributed by atoms with Gasteiger partial charge in [-0.2, -0.15) is 0 Å². The summed E-state index contributed by atoms with van der Waals surface area (Å²) >= 11 is 1.27. The van der Waals surface area contributed by atoms with Gasteiger partial charge in [0.1, 0.15) is 11.8 Å². The van der Waals surface area contributed by atoms with E-state index >= 15 is 0 Å². The maximum absolute atomic E-state index is 12.1. The van der Waals surface area contributed by atoms with Crippen molar-refractivity contribution in [2.75, 3.05) is 18.1 Å². The summed E-state index contributed by atoms with van der Waals surface area (Å²) in [5, 5.41) is 12.1. The largest absolute Gasteiger partial charge is 0.481 e. The number of aryl methyl sites for hydroxylation is 1. The molecule has 5 nitrogen and oxygen atoms in total. The van der Waals surface area contributed by atoms with Gasteiger partial charge in [0.2, 0.25) is 0 Å². The van der Waals surface area contributed by atoms with E-state index in [2.05, 4.69) is 12.2 Å². The van der Waals surface area contributed by atoms with Crippen molar-refractivity contribution >= 4 is 34.6 Å². The Bertz CT molecular complexity index is 650. The van der Waals surface area contributed by atoms with Crippen molar-refractivity contribution in [3.8, 4) is 0 Å². The summed E-state index contributed by atoms with van der Waals surface area (Å²) in [4.78, 5) is 22.5. The molecule has 1 aromatic heterocycles. The van der Waals surface area contributed by atoms with Gasteiger partial charge in [0.15, 0.2) is 0 Å². The fraction of sp³-hybridized carbons (Fsp3) is 0.333. The van der Waals surface area contributed by atoms with Gasteiger partial charge in [-0.15, -0.1) is 11.8 Å². The highest BCUT2D eigenvalue weighted by atomic mass is 32.2. The quantitative estimate of drug-likeness (QED) is 0.768. The molecule has 0 saturated carbocycles. The number of hydrogen-bond acceptors (Lipinski definition) is 4. The minimum Gasteiger partial charge on any atom is -0.481 e. The zero-order valence-electron chi connectivity index (χ0n) is 11.7. The number of furan rings is 1. The zero-order valence-corrected chi connectivity index (χ0v) is 12.5. The summed E-state index contributed by atoms with van der Waals surface area (Å²) in [7, 11) is 0. The van der Waals surface area contributed by atoms with Gasteiger partial charge in [-0.05, 0) is 24.1 Å². The molecule has 0 saturated heterocycles. The molecule has 0 unspecified atom stereocenters. The molecule has 21 heavy (non-hydrogen) atoms. The van der Waals surface area contributed by atoms with Crippen molar-refractivity contribution in [3.63, 3.8) is 0 Å². The molecule has 2 N–H and O–H groups in total. The molecule has 0 atom stereocenters. The van der Waals surface area contributed by atoms with E-state index < -0.39 is 5.97 Å². The first-order chi connectivity index (χ1) is 10.1. The van der Waals surface area contributed by atoms with Crippen LogP contribution in [0.1, 0.15) is 22.8 Å². The third-order valence-electron chi connectivity index (χ3n) is 3.05. The summed E-state index contributed by atoms with van der Waals surface area (Å²) in [5.74, 6) is -0.435. The number of carboxylic acids is 1. The molecule has 1 aromatic carbocycles. The second kappa shape index (κ2) is 7.17. The Morgan fingerprint density at radius 3 is 2.90 bits per heavy atom. The zero-order chi connectivity index (χ0) is 15.2. The highest BCUT2D eigenvalue weighted by molar-refractivity contribution is 7.99. The molecule has 0 radical (unpaired) electrons. The Morgan fingerprint density at radius 2 is 2.19 bits per heavy atom. The topological polar surface area (TPSA) is 79.5 Å². The van der Waals surface area contributed by atoms with E-state index in [0.717, 1.165) is 17.4 Å². The smallest absolute Gasteiger partial charge is 0.313 e. The van der Waals surface area contributed by atoms with E-state index in [1.165, 1.54) is 18.0 Å². The Morgan fingerprint density at radius 1 is 1.38 bits per heavy atom. The minimum absolute atomic E-state index is 0.0460. The lowest BCUT2D eigenvalue weighted by molar-refractivity contribution is -0.133. The van der Waals surface area contributed by atoms with Crippen molar-refractivity contribution in [3.05, 3.63) is 35.6 Å². The number of carbonyl (C=O) groups is 2. The lowest BCUT2D eigenvalue weighted by Crippen LogP contribution is -2.25. The first-order valence-electron chi connectivity index (χ1n) is 6.69. The normalized spacial score (nSPS) is 10.7. The lowest BCUT2D eigenvalue weighted by Gasteiger charge is -2.03. The third kappa shape index (κ3) is 4.01. The van der Waals surface area contributed by atoms with Gasteiger partial charge in [0, 0.05) is 17.7 Å². The van der Waals surface area contributed by atoms with Gasteiger partial charge in [0.25, 0.3) is 5.91 Å². The molecule has 0 aliphatic rings. The van der Waals surface area contributed by atoms with Crippen LogP contribution in [0.5, 0.6) is 0 Å². The minimum atomic E-state index is -0.848. The van der Waals surface area contributed by atoms with E-state index in [1.807, 2.05) is 18.2 Å². The third-order valence-corrected chi connectivity index (χ3v) is 3.99. The monoisotopic (exact) mass is 307 g/mol. The van der Waals surface area contributed by atoms with Crippen molar-refractivity contribution in [1.29, 1.82) is 0 Å². The Hall–Kier alpha value is -1.95. The highest BCUT2D eigenvalue weighted by Gasteiger charge is 2.13. The van der Waals surface area contributed by atoms with Crippen LogP contribution in [-0.2, 0) is 11.2 Å². The Kier molecular flexibility index (Phi) is 5.27. The number of amides is 1. The summed E-state index contributed by atoms with van der Waals surface area (Å²) in [5.41, 5.74) is 2.36. The van der Waals surface area contributed by atoms with Crippen LogP contribution in [0.4, 0.5) is 0 Å². The molecule has 112 valence electrons. The van der Waals surface area contributed by atoms with Crippen molar-refractivity contribution < 1.29 is 19.1 Å². The van der Waals surface area contributed by atoms with Crippen molar-refractivity contribution in [2.45, 2.75) is 13.3 Å². The van der Waals surface area contributed by atoms with Gasteiger partial charge in [0.05, 0.1) is 11.3 Å². The molecule has 1 heterocycles. The molecule has 0 spiro atoms. The standard InChI is InChI=1S/C15H17NO4S/c1-2-10-3-4-13-11(7-10)12(8-20-13)15(19)16-5-6-21-9-14(17)18/h3-4,7-8H,2,5-6,9H2,1H3,(H,16,19)(H,17,18). The average Bonchev–Trinajstić information content (AvgIpc) is 2.89. The second-order valence-corrected chi connectivity index (χ2v) is 5.64. The van der Waals surface area contributed by atoms with Crippen LogP contribution < -0.4 is 5.32 Å². The van der Waals surface area contributed by atoms with Crippen molar-refractivity contribution in [1.82, 2.24) is 5.32 Å². The van der Waals surface area contributed by atoms with Crippen LogP contribution in [0.3, 0.4) is 0 Å². The number of fused-ring (bicyclic) bond motifs is 1. The van der Waals surface area contributed by atoms with E-state index in [9.17, 15) is 9.59 Å². The van der Waals surface area contributed by atoms with Crippen LogP contribution in [0.2, 0.25) is 0 Å². The molecule has 0 aliphatic heterocycles. The molecule has 0 aliphatic carbocycles. The van der Waals surface area contributed by atoms with Crippen LogP contribution in [0, 0.1) is 0 Å². The van der Waals surface area contributed by atoms with Gasteiger partial charge in [-0.1, -0.05) is 13.0 Å². The number of aliphatic carboxylic acids is 1. The number of thioether (sulfide) groups is 1. The summed E-state index contributed by atoms with van der Waals surface area (Å²) in [6.07, 6.45) is 2.36. The number of hydrogen-bond donors (Lipinski definition) is 2. The van der Waals surface area contributed by atoms with E-state index in [4.69, 9.17) is 9.52 Å². The van der Waals surface area contributed by atoms with Crippen LogP contribution in [-0.4, -0.2) is 35.0 Å². The van der Waals surface area contributed by atoms with Gasteiger partial charge in [-0.3, -0.25) is 9.59 Å². The number of nitrogens with one attached hydrogen (secondary N) is 1. The van der Waals surface area contributed by atoms with Gasteiger partial charge in [-0.25, -0.2) is 0 Å². The molecular weight excluding hydrogens is 290 g/mol. The number of carbonyl (C=O) groups excluding carboxylic acids is 1. The SMILES string of the molecule is CCc1ccc2occ(C(=O)NCCSCC(=O)O)c2c1. The van der Waals surface area contributed by atoms with Gasteiger partial charge >= 0.3 is 5.97 Å². The van der Waals surface area contributed by atoms with Crippen molar-refractivity contribution in [2.24, 2.45) is 0 Å². The van der Waals surface area contributed by atoms with Crippen LogP contribution in [0.15, 0.2) is 28.9 Å². The molecule has 1 amide bonds. The summed E-state index contributed by atoms with van der Waals surface area (Å²) in [6, 6.07) is 5.82. The Labute approximate surface area is 126 Å². The summed E-state index contributed by atoms with van der Waals surface area (Å²) < 4.78 is 5.38. The first kappa shape index (κ1) is 15.4. The van der Waals surface area contributed by atoms with E-state index in [-0.39, 0.29) is 11.7 Å². The van der Waals surface area contributed by atoms with Crippen LogP contribution in [0.25, 0.3) is 11.0 Å². The molecule has 6 heteroatoms. The molecule has 2 aromatic rings. The van der Waals surface area contributed by atoms with E-state index in [0.29, 0.717) is 23.4 Å². The molecule has 2 rings (SSSR count). The average molecular weight is 307 g/mol. The first-order valence-corrected chi connectivity index (χ1v) is 7.85. The Balaban J connectivity index is 1.97. The van der Waals surface area contributed by atoms with E-state index in [1.54, 1.807) is 0 Å². The molecular formula is C15H17NO4S. The number of carboxylic acid groups (broad SMARTS) is 1. The number of benzene rings is 1. The predicted octanol–water partition coefficient (Wildman–Crippen LogP) is 2.54. The molecule has 0 bridgehead atoms. The number of rotatable bonds is 7. The maximum Gasteiger partial charge on any atom is 0.313 e. The summed E-state index contributed by atoms with van der Waals surface area (Å²) in [6.45, 7) is 2.48. The van der Waals surface area contributed by atoms with Gasteiger partial charge < -0.3 is 14.8 Å². The fourth-order valence-corrected chi connectivity index (χ4v) is 2.53. The maximum atomic E-state index is 12.1. The highest BCUT2D eigenvalue weighted by Crippen LogP contribution is 2.22. The fourth-order valence-electron chi connectivity index (χ4n) is 1.96.